The lowest BCUT2D eigenvalue weighted by Crippen LogP contribution is -2.37. The van der Waals surface area contributed by atoms with Gasteiger partial charge in [-0.3, -0.25) is 9.89 Å². The molecule has 0 aliphatic carbocycles. The highest BCUT2D eigenvalue weighted by Gasteiger charge is 2.08. The summed E-state index contributed by atoms with van der Waals surface area (Å²) in [5.41, 5.74) is 6.76. The monoisotopic (exact) mass is 420 g/mol. The van der Waals surface area contributed by atoms with Gasteiger partial charge in [0.05, 0.1) is 20.3 Å². The van der Waals surface area contributed by atoms with Crippen molar-refractivity contribution >= 4 is 35.6 Å². The third-order valence-electron chi connectivity index (χ3n) is 3.36. The average molecular weight is 420 g/mol. The van der Waals surface area contributed by atoms with Crippen LogP contribution < -0.4 is 15.8 Å². The van der Waals surface area contributed by atoms with Crippen molar-refractivity contribution in [2.24, 2.45) is 10.7 Å². The Balaban J connectivity index is 0.00000242. The fourth-order valence-corrected chi connectivity index (χ4v) is 2.21. The smallest absolute Gasteiger partial charge is 0.193 e. The number of hydrogen-bond acceptors (Lipinski definition) is 4. The molecule has 0 atom stereocenters. The van der Waals surface area contributed by atoms with Crippen LogP contribution in [0.4, 0.5) is 5.69 Å². The van der Waals surface area contributed by atoms with Crippen molar-refractivity contribution in [3.8, 4) is 5.75 Å². The van der Waals surface area contributed by atoms with Crippen LogP contribution in [0.5, 0.6) is 5.75 Å². The molecule has 0 saturated carbocycles. The fourth-order valence-electron chi connectivity index (χ4n) is 2.21. The minimum Gasteiger partial charge on any atom is -0.497 e. The van der Waals surface area contributed by atoms with Crippen LogP contribution in [0.25, 0.3) is 0 Å². The second-order valence-electron chi connectivity index (χ2n) is 4.93. The Labute approximate surface area is 149 Å². The molecule has 1 aliphatic heterocycles. The van der Waals surface area contributed by atoms with Crippen molar-refractivity contribution in [2.75, 3.05) is 51.8 Å². The maximum Gasteiger partial charge on any atom is 0.193 e. The van der Waals surface area contributed by atoms with Crippen LogP contribution in [0, 0.1) is 0 Å². The van der Waals surface area contributed by atoms with Crippen LogP contribution in [0.3, 0.4) is 0 Å². The first-order chi connectivity index (χ1) is 10.3. The van der Waals surface area contributed by atoms with Gasteiger partial charge in [-0.2, -0.15) is 0 Å². The molecule has 124 valence electrons. The molecular weight excluding hydrogens is 395 g/mol. The topological polar surface area (TPSA) is 72.1 Å². The van der Waals surface area contributed by atoms with E-state index in [1.807, 2.05) is 24.3 Å². The number of guanidine groups is 1. The molecular formula is C15H25IN4O2. The Morgan fingerprint density at radius 1 is 1.41 bits per heavy atom. The van der Waals surface area contributed by atoms with Gasteiger partial charge in [-0.15, -0.1) is 24.0 Å². The first-order valence-electron chi connectivity index (χ1n) is 7.29. The molecule has 3 N–H and O–H groups in total. The Morgan fingerprint density at radius 2 is 2.18 bits per heavy atom. The number of hydrogen-bond donors (Lipinski definition) is 2. The highest BCUT2D eigenvalue weighted by molar-refractivity contribution is 14.0. The minimum atomic E-state index is 0. The van der Waals surface area contributed by atoms with Crippen molar-refractivity contribution in [1.29, 1.82) is 0 Å². The van der Waals surface area contributed by atoms with E-state index >= 15 is 0 Å². The predicted octanol–water partition coefficient (Wildman–Crippen LogP) is 1.76. The van der Waals surface area contributed by atoms with E-state index in [1.165, 1.54) is 0 Å². The van der Waals surface area contributed by atoms with E-state index in [-0.39, 0.29) is 24.0 Å². The normalized spacial score (nSPS) is 16.0. The number of nitrogens with one attached hydrogen (secondary N) is 1. The molecule has 1 heterocycles. The van der Waals surface area contributed by atoms with Gasteiger partial charge in [0.15, 0.2) is 5.96 Å². The average Bonchev–Trinajstić information content (AvgIpc) is 2.53. The summed E-state index contributed by atoms with van der Waals surface area (Å²) in [6, 6.07) is 7.61. The fraction of sp³-hybridized carbons (Fsp3) is 0.533. The molecule has 6 nitrogen and oxygen atoms in total. The van der Waals surface area contributed by atoms with E-state index in [0.29, 0.717) is 5.96 Å². The summed E-state index contributed by atoms with van der Waals surface area (Å²) in [5, 5.41) is 3.07. The van der Waals surface area contributed by atoms with Crippen LogP contribution in [0.15, 0.2) is 29.3 Å². The van der Waals surface area contributed by atoms with E-state index < -0.39 is 0 Å². The molecule has 1 aromatic rings. The van der Waals surface area contributed by atoms with E-state index in [4.69, 9.17) is 15.2 Å². The predicted molar refractivity (Wildman–Crippen MR) is 100 cm³/mol. The number of methoxy groups -OCH3 is 1. The second kappa shape index (κ2) is 10.6. The maximum atomic E-state index is 5.88. The number of anilines is 1. The number of benzene rings is 1. The highest BCUT2D eigenvalue weighted by atomic mass is 127. The van der Waals surface area contributed by atoms with Crippen molar-refractivity contribution in [3.63, 3.8) is 0 Å². The van der Waals surface area contributed by atoms with Gasteiger partial charge in [-0.1, -0.05) is 6.07 Å². The lowest BCUT2D eigenvalue weighted by molar-refractivity contribution is 0.0377. The zero-order valence-electron chi connectivity index (χ0n) is 13.0. The molecule has 0 radical (unpaired) electrons. The van der Waals surface area contributed by atoms with Crippen LogP contribution in [-0.4, -0.2) is 57.4 Å². The van der Waals surface area contributed by atoms with Crippen molar-refractivity contribution in [1.82, 2.24) is 4.90 Å². The van der Waals surface area contributed by atoms with Crippen molar-refractivity contribution in [3.05, 3.63) is 24.3 Å². The van der Waals surface area contributed by atoms with Gasteiger partial charge in [0.1, 0.15) is 5.75 Å². The Hall–Kier alpha value is -1.06. The Kier molecular flexibility index (Phi) is 9.17. The summed E-state index contributed by atoms with van der Waals surface area (Å²) >= 11 is 0. The first-order valence-corrected chi connectivity index (χ1v) is 7.29. The Bertz CT molecular complexity index is 465. The lowest BCUT2D eigenvalue weighted by Gasteiger charge is -2.26. The summed E-state index contributed by atoms with van der Waals surface area (Å²) < 4.78 is 10.5. The summed E-state index contributed by atoms with van der Waals surface area (Å²) in [5.74, 6) is 1.23. The van der Waals surface area contributed by atoms with E-state index in [1.54, 1.807) is 7.11 Å². The van der Waals surface area contributed by atoms with Gasteiger partial charge < -0.3 is 20.5 Å². The first kappa shape index (κ1) is 19.0. The quantitative estimate of drug-likeness (QED) is 0.318. The summed E-state index contributed by atoms with van der Waals surface area (Å²) in [7, 11) is 1.64. The van der Waals surface area contributed by atoms with Gasteiger partial charge in [-0.25, -0.2) is 0 Å². The van der Waals surface area contributed by atoms with Crippen molar-refractivity contribution in [2.45, 2.75) is 6.42 Å². The van der Waals surface area contributed by atoms with E-state index in [2.05, 4.69) is 15.2 Å². The third-order valence-corrected chi connectivity index (χ3v) is 3.36. The third kappa shape index (κ3) is 6.80. The van der Waals surface area contributed by atoms with Gasteiger partial charge in [0, 0.05) is 37.9 Å². The summed E-state index contributed by atoms with van der Waals surface area (Å²) in [6.45, 7) is 5.47. The molecule has 0 spiro atoms. The number of nitrogens with zero attached hydrogens (tertiary/aromatic N) is 2. The van der Waals surface area contributed by atoms with Gasteiger partial charge in [0.25, 0.3) is 0 Å². The molecule has 2 rings (SSSR count). The van der Waals surface area contributed by atoms with E-state index in [0.717, 1.165) is 57.3 Å². The number of rotatable bonds is 6. The largest absolute Gasteiger partial charge is 0.497 e. The van der Waals surface area contributed by atoms with Gasteiger partial charge >= 0.3 is 0 Å². The number of nitrogens with two attached hydrogens (primary N) is 1. The molecule has 0 bridgehead atoms. The number of aliphatic imine (C=N–C) groups is 1. The molecule has 1 aromatic carbocycles. The van der Waals surface area contributed by atoms with E-state index in [9.17, 15) is 0 Å². The van der Waals surface area contributed by atoms with Crippen LogP contribution in [0.2, 0.25) is 0 Å². The number of ether oxygens (including phenoxy) is 2. The second-order valence-corrected chi connectivity index (χ2v) is 4.93. The zero-order chi connectivity index (χ0) is 14.9. The number of halogens is 1. The SMILES string of the molecule is COc1cccc(NC(N)=NCCCN2CCOCC2)c1.I. The van der Waals surface area contributed by atoms with Crippen molar-refractivity contribution < 1.29 is 9.47 Å². The zero-order valence-corrected chi connectivity index (χ0v) is 15.3. The summed E-state index contributed by atoms with van der Waals surface area (Å²) in [6.07, 6.45) is 1.00. The Morgan fingerprint density at radius 3 is 2.91 bits per heavy atom. The molecule has 0 amide bonds. The molecule has 0 unspecified atom stereocenters. The molecule has 1 saturated heterocycles. The van der Waals surface area contributed by atoms with Crippen LogP contribution in [0.1, 0.15) is 6.42 Å². The number of morpholine rings is 1. The minimum absolute atomic E-state index is 0. The molecule has 22 heavy (non-hydrogen) atoms. The van der Waals surface area contributed by atoms with Crippen LogP contribution >= 0.6 is 24.0 Å². The molecule has 1 aliphatic rings. The standard InChI is InChI=1S/C15H24N4O2.HI/c1-20-14-5-2-4-13(12-14)18-15(16)17-6-3-7-19-8-10-21-11-9-19;/h2,4-5,12H,3,6-11H2,1H3,(H3,16,17,18);1H. The van der Waals surface area contributed by atoms with Crippen LogP contribution in [-0.2, 0) is 4.74 Å². The molecule has 7 heteroatoms. The molecule has 1 fully saturated rings. The van der Waals surface area contributed by atoms with Gasteiger partial charge in [-0.05, 0) is 18.6 Å². The lowest BCUT2D eigenvalue weighted by atomic mass is 10.3. The van der Waals surface area contributed by atoms with Gasteiger partial charge in [0.2, 0.25) is 0 Å². The molecule has 0 aromatic heterocycles. The maximum absolute atomic E-state index is 5.88. The highest BCUT2D eigenvalue weighted by Crippen LogP contribution is 2.16. The summed E-state index contributed by atoms with van der Waals surface area (Å²) in [4.78, 5) is 6.74.